The summed E-state index contributed by atoms with van der Waals surface area (Å²) in [5.41, 5.74) is 1.97. The van der Waals surface area contributed by atoms with E-state index in [2.05, 4.69) is 5.10 Å². The average molecular weight is 248 g/mol. The maximum absolute atomic E-state index is 8.82. The number of methoxy groups -OCH3 is 1. The molecule has 0 bridgehead atoms. The van der Waals surface area contributed by atoms with Gasteiger partial charge in [0.05, 0.1) is 12.8 Å². The van der Waals surface area contributed by atoms with E-state index >= 15 is 0 Å². The second-order valence-corrected chi connectivity index (χ2v) is 3.93. The summed E-state index contributed by atoms with van der Waals surface area (Å²) < 4.78 is 6.90. The Morgan fingerprint density at radius 2 is 2.18 bits per heavy atom. The second kappa shape index (κ2) is 4.48. The fourth-order valence-corrected chi connectivity index (χ4v) is 1.83. The van der Waals surface area contributed by atoms with Gasteiger partial charge < -0.3 is 4.74 Å². The van der Waals surface area contributed by atoms with Gasteiger partial charge in [-0.15, -0.1) is 0 Å². The highest BCUT2D eigenvalue weighted by molar-refractivity contribution is 6.30. The molecular formula is C12H10ClN3O. The van der Waals surface area contributed by atoms with Crippen LogP contribution < -0.4 is 4.74 Å². The number of halogens is 1. The van der Waals surface area contributed by atoms with E-state index in [0.29, 0.717) is 16.5 Å². The minimum atomic E-state index is 0.365. The fraction of sp³-hybridized carbons (Fsp3) is 0.167. The first-order valence-corrected chi connectivity index (χ1v) is 5.31. The summed E-state index contributed by atoms with van der Waals surface area (Å²) >= 11 is 5.97. The molecule has 0 spiro atoms. The lowest BCUT2D eigenvalue weighted by molar-refractivity contribution is 0.416. The van der Waals surface area contributed by atoms with Gasteiger partial charge in [-0.25, -0.2) is 0 Å². The zero-order valence-electron chi connectivity index (χ0n) is 9.44. The lowest BCUT2D eigenvalue weighted by Crippen LogP contribution is -1.96. The van der Waals surface area contributed by atoms with Gasteiger partial charge in [0.2, 0.25) is 0 Å². The molecule has 86 valence electrons. The standard InChI is InChI=1S/C12H10ClN3O/c1-16-11(6-9(7-14)15-16)10-5-8(13)3-4-12(10)17-2/h3-6H,1-2H3. The van der Waals surface area contributed by atoms with Crippen LogP contribution in [0.3, 0.4) is 0 Å². The third-order valence-electron chi connectivity index (χ3n) is 2.43. The van der Waals surface area contributed by atoms with Crippen molar-refractivity contribution in [2.24, 2.45) is 7.05 Å². The summed E-state index contributed by atoms with van der Waals surface area (Å²) in [7, 11) is 3.37. The zero-order chi connectivity index (χ0) is 12.4. The molecule has 0 saturated carbocycles. The Kier molecular flexibility index (Phi) is 3.03. The lowest BCUT2D eigenvalue weighted by atomic mass is 10.1. The van der Waals surface area contributed by atoms with Crippen molar-refractivity contribution in [3.8, 4) is 23.1 Å². The van der Waals surface area contributed by atoms with E-state index in [-0.39, 0.29) is 0 Å². The van der Waals surface area contributed by atoms with Crippen molar-refractivity contribution < 1.29 is 4.74 Å². The first-order chi connectivity index (χ1) is 8.15. The van der Waals surface area contributed by atoms with Crippen LogP contribution in [0, 0.1) is 11.3 Å². The van der Waals surface area contributed by atoms with E-state index in [1.807, 2.05) is 6.07 Å². The molecule has 0 unspecified atom stereocenters. The zero-order valence-corrected chi connectivity index (χ0v) is 10.2. The van der Waals surface area contributed by atoms with Crippen molar-refractivity contribution in [3.05, 3.63) is 35.0 Å². The van der Waals surface area contributed by atoms with Crippen LogP contribution in [-0.2, 0) is 7.05 Å². The molecule has 0 aliphatic carbocycles. The molecule has 2 rings (SSSR count). The van der Waals surface area contributed by atoms with Crippen LogP contribution in [0.25, 0.3) is 11.3 Å². The Morgan fingerprint density at radius 1 is 1.41 bits per heavy atom. The molecule has 1 heterocycles. The molecule has 17 heavy (non-hydrogen) atoms. The van der Waals surface area contributed by atoms with Gasteiger partial charge in [0.25, 0.3) is 0 Å². The van der Waals surface area contributed by atoms with E-state index in [0.717, 1.165) is 11.3 Å². The number of aromatic nitrogens is 2. The van der Waals surface area contributed by atoms with Crippen LogP contribution >= 0.6 is 11.6 Å². The molecule has 4 nitrogen and oxygen atoms in total. The minimum Gasteiger partial charge on any atom is -0.496 e. The normalized spacial score (nSPS) is 10.0. The van der Waals surface area contributed by atoms with Gasteiger partial charge >= 0.3 is 0 Å². The van der Waals surface area contributed by atoms with Gasteiger partial charge in [-0.2, -0.15) is 10.4 Å². The molecule has 2 aromatic rings. The van der Waals surface area contributed by atoms with Gasteiger partial charge in [-0.05, 0) is 18.2 Å². The Labute approximate surface area is 104 Å². The smallest absolute Gasteiger partial charge is 0.163 e. The van der Waals surface area contributed by atoms with Crippen LogP contribution in [0.15, 0.2) is 24.3 Å². The lowest BCUT2D eigenvalue weighted by Gasteiger charge is -2.08. The number of rotatable bonds is 2. The monoisotopic (exact) mass is 247 g/mol. The van der Waals surface area contributed by atoms with Crippen molar-refractivity contribution in [2.45, 2.75) is 0 Å². The van der Waals surface area contributed by atoms with E-state index in [9.17, 15) is 0 Å². The second-order valence-electron chi connectivity index (χ2n) is 3.49. The number of benzene rings is 1. The number of hydrogen-bond acceptors (Lipinski definition) is 3. The molecule has 0 amide bonds. The third-order valence-corrected chi connectivity index (χ3v) is 2.67. The SMILES string of the molecule is COc1ccc(Cl)cc1-c1cc(C#N)nn1C. The molecule has 0 aliphatic rings. The number of nitriles is 1. The quantitative estimate of drug-likeness (QED) is 0.820. The molecule has 0 fully saturated rings. The summed E-state index contributed by atoms with van der Waals surface area (Å²) in [4.78, 5) is 0. The Bertz CT molecular complexity index is 598. The van der Waals surface area contributed by atoms with Crippen molar-refractivity contribution in [3.63, 3.8) is 0 Å². The van der Waals surface area contributed by atoms with Crippen LogP contribution in [0.4, 0.5) is 0 Å². The fourth-order valence-electron chi connectivity index (χ4n) is 1.65. The molecule has 1 aromatic heterocycles. The number of aryl methyl sites for hydroxylation is 1. The molecule has 0 N–H and O–H groups in total. The minimum absolute atomic E-state index is 0.365. The summed E-state index contributed by atoms with van der Waals surface area (Å²) in [6, 6.07) is 9.04. The van der Waals surface area contributed by atoms with Gasteiger partial charge in [0, 0.05) is 23.7 Å². The van der Waals surface area contributed by atoms with Gasteiger partial charge in [-0.3, -0.25) is 4.68 Å². The summed E-state index contributed by atoms with van der Waals surface area (Å²) in [6.45, 7) is 0. The van der Waals surface area contributed by atoms with E-state index in [1.54, 1.807) is 43.1 Å². The van der Waals surface area contributed by atoms with Crippen molar-refractivity contribution in [1.82, 2.24) is 9.78 Å². The first-order valence-electron chi connectivity index (χ1n) is 4.93. The van der Waals surface area contributed by atoms with E-state index in [4.69, 9.17) is 21.6 Å². The Morgan fingerprint density at radius 3 is 2.76 bits per heavy atom. The maximum atomic E-state index is 8.82. The highest BCUT2D eigenvalue weighted by Crippen LogP contribution is 2.32. The largest absolute Gasteiger partial charge is 0.496 e. The topological polar surface area (TPSA) is 50.8 Å². The summed E-state index contributed by atoms with van der Waals surface area (Å²) in [6.07, 6.45) is 0. The first kappa shape index (κ1) is 11.5. The highest BCUT2D eigenvalue weighted by atomic mass is 35.5. The van der Waals surface area contributed by atoms with E-state index < -0.39 is 0 Å². The van der Waals surface area contributed by atoms with Crippen LogP contribution in [0.5, 0.6) is 5.75 Å². The molecular weight excluding hydrogens is 238 g/mol. The molecule has 0 radical (unpaired) electrons. The van der Waals surface area contributed by atoms with Crippen molar-refractivity contribution in [1.29, 1.82) is 5.26 Å². The van der Waals surface area contributed by atoms with Crippen LogP contribution in [0.2, 0.25) is 5.02 Å². The predicted octanol–water partition coefficient (Wildman–Crippen LogP) is 2.62. The Balaban J connectivity index is 2.63. The third kappa shape index (κ3) is 2.10. The molecule has 5 heteroatoms. The van der Waals surface area contributed by atoms with Crippen molar-refractivity contribution in [2.75, 3.05) is 7.11 Å². The van der Waals surface area contributed by atoms with Crippen LogP contribution in [-0.4, -0.2) is 16.9 Å². The van der Waals surface area contributed by atoms with E-state index in [1.165, 1.54) is 0 Å². The highest BCUT2D eigenvalue weighted by Gasteiger charge is 2.12. The molecule has 0 saturated heterocycles. The van der Waals surface area contributed by atoms with Crippen molar-refractivity contribution >= 4 is 11.6 Å². The molecule has 0 aliphatic heterocycles. The van der Waals surface area contributed by atoms with Gasteiger partial charge in [0.1, 0.15) is 11.8 Å². The molecule has 1 aromatic carbocycles. The number of ether oxygens (including phenoxy) is 1. The summed E-state index contributed by atoms with van der Waals surface area (Å²) in [5.74, 6) is 0.696. The van der Waals surface area contributed by atoms with Gasteiger partial charge in [0.15, 0.2) is 5.69 Å². The Hall–Kier alpha value is -1.99. The maximum Gasteiger partial charge on any atom is 0.163 e. The average Bonchev–Trinajstić information content (AvgIpc) is 2.70. The van der Waals surface area contributed by atoms with Crippen LogP contribution in [0.1, 0.15) is 5.69 Å². The predicted molar refractivity (Wildman–Crippen MR) is 64.9 cm³/mol. The van der Waals surface area contributed by atoms with Gasteiger partial charge in [-0.1, -0.05) is 11.6 Å². The number of nitrogens with zero attached hydrogens (tertiary/aromatic N) is 3. The summed E-state index contributed by atoms with van der Waals surface area (Å²) in [5, 5.41) is 13.5. The number of hydrogen-bond donors (Lipinski definition) is 0. The molecule has 0 atom stereocenters.